The Hall–Kier alpha value is -3.27. The molecule has 0 aliphatic heterocycles. The molecule has 0 heterocycles. The number of methoxy groups -OCH3 is 1. The Morgan fingerprint density at radius 3 is 2.18 bits per heavy atom. The molecule has 174 valence electrons. The lowest BCUT2D eigenvalue weighted by atomic mass is 9.93. The van der Waals surface area contributed by atoms with E-state index in [-0.39, 0.29) is 18.8 Å². The molecule has 0 aliphatic carbocycles. The standard InChI is InChI=1S/C28H27O5P/c1-4-33-34(3,31)27(24-15-9-13-19-10-7-8-14-23(19)24)26(29)18-22-16-20-11-5-6-12-21(20)17-25(22)28(30)32-2/h5-17,27H,4,18H2,1-3H3. The monoisotopic (exact) mass is 474 g/mol. The Morgan fingerprint density at radius 2 is 1.50 bits per heavy atom. The lowest BCUT2D eigenvalue weighted by molar-refractivity contribution is -0.118. The average molecular weight is 474 g/mol. The maximum absolute atomic E-state index is 13.9. The molecule has 0 saturated carbocycles. The van der Waals surface area contributed by atoms with E-state index in [0.29, 0.717) is 16.7 Å². The third-order valence-electron chi connectivity index (χ3n) is 6.02. The number of Topliss-reactive ketones (excluding diaryl/α,β-unsaturated/α-hetero) is 1. The van der Waals surface area contributed by atoms with Crippen molar-refractivity contribution in [3.63, 3.8) is 0 Å². The molecule has 2 atom stereocenters. The van der Waals surface area contributed by atoms with Crippen molar-refractivity contribution in [2.75, 3.05) is 20.4 Å². The summed E-state index contributed by atoms with van der Waals surface area (Å²) in [5.41, 5.74) is 0.573. The molecule has 0 aromatic heterocycles. The van der Waals surface area contributed by atoms with Crippen molar-refractivity contribution in [2.24, 2.45) is 0 Å². The molecule has 5 nitrogen and oxygen atoms in total. The zero-order chi connectivity index (χ0) is 24.3. The van der Waals surface area contributed by atoms with Crippen LogP contribution in [0.25, 0.3) is 21.5 Å². The minimum absolute atomic E-state index is 0.0753. The minimum Gasteiger partial charge on any atom is -0.465 e. The topological polar surface area (TPSA) is 69.7 Å². The van der Waals surface area contributed by atoms with E-state index in [1.807, 2.05) is 72.8 Å². The van der Waals surface area contributed by atoms with Crippen molar-refractivity contribution in [3.8, 4) is 0 Å². The normalized spacial score (nSPS) is 14.0. The summed E-state index contributed by atoms with van der Waals surface area (Å²) >= 11 is 0. The summed E-state index contributed by atoms with van der Waals surface area (Å²) in [5.74, 6) is -0.782. The van der Waals surface area contributed by atoms with Gasteiger partial charge in [-0.25, -0.2) is 4.79 Å². The first-order valence-electron chi connectivity index (χ1n) is 11.2. The van der Waals surface area contributed by atoms with Crippen LogP contribution in [0.4, 0.5) is 0 Å². The van der Waals surface area contributed by atoms with Gasteiger partial charge in [-0.2, -0.15) is 0 Å². The number of carbonyl (C=O) groups is 2. The number of ketones is 1. The van der Waals surface area contributed by atoms with Gasteiger partial charge in [0.2, 0.25) is 7.37 Å². The summed E-state index contributed by atoms with van der Waals surface area (Å²) in [5, 5.41) is 3.59. The van der Waals surface area contributed by atoms with E-state index in [1.165, 1.54) is 13.8 Å². The molecule has 0 fully saturated rings. The lowest BCUT2D eigenvalue weighted by Crippen LogP contribution is -2.19. The van der Waals surface area contributed by atoms with Gasteiger partial charge in [0.15, 0.2) is 5.78 Å². The molecule has 0 N–H and O–H groups in total. The van der Waals surface area contributed by atoms with Crippen molar-refractivity contribution >= 4 is 40.7 Å². The molecule has 6 heteroatoms. The summed E-state index contributed by atoms with van der Waals surface area (Å²) in [4.78, 5) is 26.4. The highest BCUT2D eigenvalue weighted by atomic mass is 31.2. The molecule has 4 aromatic carbocycles. The van der Waals surface area contributed by atoms with E-state index in [1.54, 1.807) is 13.0 Å². The number of rotatable bonds is 8. The van der Waals surface area contributed by atoms with Crippen molar-refractivity contribution in [1.82, 2.24) is 0 Å². The van der Waals surface area contributed by atoms with Crippen LogP contribution in [0.3, 0.4) is 0 Å². The van der Waals surface area contributed by atoms with Gasteiger partial charge in [0.25, 0.3) is 0 Å². The summed E-state index contributed by atoms with van der Waals surface area (Å²) in [6.07, 6.45) is -0.0753. The molecule has 2 unspecified atom stereocenters. The van der Waals surface area contributed by atoms with Gasteiger partial charge in [0.1, 0.15) is 5.66 Å². The minimum atomic E-state index is -3.38. The fourth-order valence-corrected chi connectivity index (χ4v) is 6.53. The van der Waals surface area contributed by atoms with E-state index in [9.17, 15) is 14.2 Å². The summed E-state index contributed by atoms with van der Waals surface area (Å²) < 4.78 is 24.4. The fraction of sp³-hybridized carbons (Fsp3) is 0.214. The van der Waals surface area contributed by atoms with Gasteiger partial charge < -0.3 is 9.26 Å². The van der Waals surface area contributed by atoms with Crippen molar-refractivity contribution < 1.29 is 23.4 Å². The Labute approximate surface area is 199 Å². The van der Waals surface area contributed by atoms with Crippen molar-refractivity contribution in [3.05, 3.63) is 95.6 Å². The lowest BCUT2D eigenvalue weighted by Gasteiger charge is -2.25. The first-order chi connectivity index (χ1) is 16.4. The largest absolute Gasteiger partial charge is 0.465 e. The molecule has 34 heavy (non-hydrogen) atoms. The number of esters is 1. The van der Waals surface area contributed by atoms with Gasteiger partial charge in [0, 0.05) is 13.1 Å². The van der Waals surface area contributed by atoms with Crippen molar-refractivity contribution in [1.29, 1.82) is 0 Å². The Kier molecular flexibility index (Phi) is 6.97. The van der Waals surface area contributed by atoms with E-state index < -0.39 is 19.0 Å². The second-order valence-corrected chi connectivity index (χ2v) is 10.9. The van der Waals surface area contributed by atoms with Crippen LogP contribution in [0.2, 0.25) is 0 Å². The molecule has 0 radical (unpaired) electrons. The Bertz CT molecular complexity index is 1420. The van der Waals surface area contributed by atoms with Crippen LogP contribution in [0, 0.1) is 0 Å². The van der Waals surface area contributed by atoms with Crippen LogP contribution in [0.1, 0.15) is 34.1 Å². The van der Waals surface area contributed by atoms with E-state index in [2.05, 4.69) is 0 Å². The maximum Gasteiger partial charge on any atom is 0.338 e. The first-order valence-corrected chi connectivity index (χ1v) is 13.3. The van der Waals surface area contributed by atoms with Crippen LogP contribution < -0.4 is 0 Å². The summed E-state index contributed by atoms with van der Waals surface area (Å²) in [7, 11) is -2.06. The molecular formula is C28H27O5P. The van der Waals surface area contributed by atoms with E-state index in [4.69, 9.17) is 9.26 Å². The first kappa shape index (κ1) is 23.9. The third kappa shape index (κ3) is 4.68. The molecule has 0 bridgehead atoms. The average Bonchev–Trinajstić information content (AvgIpc) is 2.83. The number of ether oxygens (including phenoxy) is 1. The Morgan fingerprint density at radius 1 is 0.882 bits per heavy atom. The summed E-state index contributed by atoms with van der Waals surface area (Å²) in [6, 6.07) is 24.6. The molecule has 4 rings (SSSR count). The number of carbonyl (C=O) groups excluding carboxylic acids is 2. The van der Waals surface area contributed by atoms with Crippen LogP contribution in [0.5, 0.6) is 0 Å². The molecule has 0 spiro atoms. The van der Waals surface area contributed by atoms with Gasteiger partial charge in [-0.1, -0.05) is 66.7 Å². The van der Waals surface area contributed by atoms with Gasteiger partial charge in [-0.3, -0.25) is 9.36 Å². The fourth-order valence-electron chi connectivity index (χ4n) is 4.53. The van der Waals surface area contributed by atoms with E-state index in [0.717, 1.165) is 21.5 Å². The summed E-state index contributed by atoms with van der Waals surface area (Å²) in [6.45, 7) is 3.51. The number of benzene rings is 4. The van der Waals surface area contributed by atoms with Crippen LogP contribution in [-0.4, -0.2) is 32.1 Å². The number of fused-ring (bicyclic) bond motifs is 2. The predicted octanol–water partition coefficient (Wildman–Crippen LogP) is 6.58. The molecule has 0 saturated heterocycles. The second kappa shape index (κ2) is 9.92. The SMILES string of the molecule is CCOP(C)(=O)C(C(=O)Cc1cc2ccccc2cc1C(=O)OC)c1cccc2ccccc12. The third-order valence-corrected chi connectivity index (χ3v) is 8.29. The highest BCUT2D eigenvalue weighted by Gasteiger charge is 2.38. The predicted molar refractivity (Wildman–Crippen MR) is 136 cm³/mol. The van der Waals surface area contributed by atoms with Crippen molar-refractivity contribution in [2.45, 2.75) is 19.0 Å². The van der Waals surface area contributed by atoms with Crippen LogP contribution in [-0.2, 0) is 25.0 Å². The molecular weight excluding hydrogens is 447 g/mol. The maximum atomic E-state index is 13.9. The zero-order valence-electron chi connectivity index (χ0n) is 19.5. The van der Waals surface area contributed by atoms with Crippen LogP contribution >= 0.6 is 7.37 Å². The molecule has 0 amide bonds. The van der Waals surface area contributed by atoms with Gasteiger partial charge >= 0.3 is 5.97 Å². The highest BCUT2D eigenvalue weighted by Crippen LogP contribution is 2.58. The molecule has 4 aromatic rings. The highest BCUT2D eigenvalue weighted by molar-refractivity contribution is 7.59. The van der Waals surface area contributed by atoms with Crippen LogP contribution in [0.15, 0.2) is 78.9 Å². The van der Waals surface area contributed by atoms with E-state index >= 15 is 0 Å². The number of hydrogen-bond acceptors (Lipinski definition) is 5. The number of hydrogen-bond donors (Lipinski definition) is 0. The zero-order valence-corrected chi connectivity index (χ0v) is 20.4. The Balaban J connectivity index is 1.84. The second-order valence-electron chi connectivity index (χ2n) is 8.29. The quantitative estimate of drug-likeness (QED) is 0.213. The van der Waals surface area contributed by atoms with Gasteiger partial charge in [-0.05, 0) is 51.7 Å². The van der Waals surface area contributed by atoms with Gasteiger partial charge in [0.05, 0.1) is 19.3 Å². The van der Waals surface area contributed by atoms with Gasteiger partial charge in [-0.15, -0.1) is 0 Å². The molecule has 0 aliphatic rings. The smallest absolute Gasteiger partial charge is 0.338 e.